The summed E-state index contributed by atoms with van der Waals surface area (Å²) in [6.07, 6.45) is 3.06. The molecule has 0 aliphatic carbocycles. The molecule has 2 aliphatic heterocycles. The number of piperidine rings is 1. The Morgan fingerprint density at radius 2 is 1.89 bits per heavy atom. The number of nitrogens with one attached hydrogen (secondary N) is 1. The summed E-state index contributed by atoms with van der Waals surface area (Å²) >= 11 is 0. The van der Waals surface area contributed by atoms with Crippen LogP contribution in [0.1, 0.15) is 40.5 Å². The molecule has 2 aliphatic rings. The van der Waals surface area contributed by atoms with E-state index in [1.807, 2.05) is 0 Å². The number of hydrogen-bond acceptors (Lipinski definition) is 3. The Balaban J connectivity index is 1.81. The average molecular weight is 254 g/mol. The third-order valence-corrected chi connectivity index (χ3v) is 4.82. The van der Waals surface area contributed by atoms with Gasteiger partial charge >= 0.3 is 0 Å². The highest BCUT2D eigenvalue weighted by atomic mass is 16.5. The zero-order valence-corrected chi connectivity index (χ0v) is 12.5. The third kappa shape index (κ3) is 3.46. The van der Waals surface area contributed by atoms with Crippen LogP contribution in [0.2, 0.25) is 0 Å². The third-order valence-electron chi connectivity index (χ3n) is 4.82. The van der Waals surface area contributed by atoms with Gasteiger partial charge in [-0.1, -0.05) is 20.8 Å². The second kappa shape index (κ2) is 5.89. The first-order valence-corrected chi connectivity index (χ1v) is 7.55. The van der Waals surface area contributed by atoms with Crippen LogP contribution >= 0.6 is 0 Å². The fourth-order valence-electron chi connectivity index (χ4n) is 3.30. The smallest absolute Gasteiger partial charge is 0.0852 e. The van der Waals surface area contributed by atoms with Crippen LogP contribution < -0.4 is 5.32 Å². The van der Waals surface area contributed by atoms with E-state index in [-0.39, 0.29) is 0 Å². The van der Waals surface area contributed by atoms with Crippen molar-refractivity contribution in [2.45, 2.75) is 52.7 Å². The first kappa shape index (κ1) is 14.3. The molecule has 2 rings (SSSR count). The maximum absolute atomic E-state index is 5.88. The van der Waals surface area contributed by atoms with Crippen LogP contribution in [0.5, 0.6) is 0 Å². The predicted octanol–water partition coefficient (Wildman–Crippen LogP) is 2.12. The minimum Gasteiger partial charge on any atom is -0.374 e. The molecular formula is C15H30N2O. The molecular weight excluding hydrogens is 224 g/mol. The van der Waals surface area contributed by atoms with Crippen LogP contribution in [0.4, 0.5) is 0 Å². The molecule has 2 unspecified atom stereocenters. The van der Waals surface area contributed by atoms with Crippen LogP contribution in [0.3, 0.4) is 0 Å². The highest BCUT2D eigenvalue weighted by molar-refractivity contribution is 4.86. The molecule has 0 spiro atoms. The summed E-state index contributed by atoms with van der Waals surface area (Å²) in [5.41, 5.74) is 0.470. The van der Waals surface area contributed by atoms with Gasteiger partial charge in [0.25, 0.3) is 0 Å². The molecule has 1 N–H and O–H groups in total. The van der Waals surface area contributed by atoms with E-state index in [9.17, 15) is 0 Å². The quantitative estimate of drug-likeness (QED) is 0.817. The van der Waals surface area contributed by atoms with Crippen molar-refractivity contribution in [1.82, 2.24) is 10.2 Å². The molecule has 2 atom stereocenters. The van der Waals surface area contributed by atoms with E-state index in [4.69, 9.17) is 4.74 Å². The average Bonchev–Trinajstić information content (AvgIpc) is 2.38. The topological polar surface area (TPSA) is 24.5 Å². The largest absolute Gasteiger partial charge is 0.374 e. The monoisotopic (exact) mass is 254 g/mol. The Kier molecular flexibility index (Phi) is 4.68. The second-order valence-electron chi connectivity index (χ2n) is 7.03. The first-order valence-electron chi connectivity index (χ1n) is 7.55. The van der Waals surface area contributed by atoms with Crippen molar-refractivity contribution in [2.24, 2.45) is 11.3 Å². The Hall–Kier alpha value is -0.120. The van der Waals surface area contributed by atoms with Crippen LogP contribution in [0, 0.1) is 11.3 Å². The van der Waals surface area contributed by atoms with Crippen molar-refractivity contribution in [3.8, 4) is 0 Å². The van der Waals surface area contributed by atoms with Crippen LogP contribution in [-0.4, -0.2) is 49.8 Å². The van der Waals surface area contributed by atoms with Gasteiger partial charge in [0, 0.05) is 19.1 Å². The van der Waals surface area contributed by atoms with Crippen LogP contribution in [0.15, 0.2) is 0 Å². The number of morpholine rings is 1. The summed E-state index contributed by atoms with van der Waals surface area (Å²) in [6.45, 7) is 14.8. The molecule has 3 heteroatoms. The Morgan fingerprint density at radius 1 is 1.22 bits per heavy atom. The molecule has 2 saturated heterocycles. The number of ether oxygens (including phenoxy) is 1. The van der Waals surface area contributed by atoms with E-state index in [0.717, 1.165) is 25.6 Å². The molecule has 106 valence electrons. The normalized spacial score (nSPS) is 30.3. The minimum atomic E-state index is 0.380. The summed E-state index contributed by atoms with van der Waals surface area (Å²) in [5.74, 6) is 0.881. The van der Waals surface area contributed by atoms with E-state index in [1.165, 1.54) is 25.9 Å². The summed E-state index contributed by atoms with van der Waals surface area (Å²) in [7, 11) is 0. The molecule has 0 aromatic heterocycles. The lowest BCUT2D eigenvalue weighted by molar-refractivity contribution is -0.0381. The summed E-state index contributed by atoms with van der Waals surface area (Å²) < 4.78 is 5.88. The van der Waals surface area contributed by atoms with Gasteiger partial charge in [-0.05, 0) is 44.2 Å². The van der Waals surface area contributed by atoms with Crippen molar-refractivity contribution < 1.29 is 4.74 Å². The lowest BCUT2D eigenvalue weighted by atomic mass is 9.75. The van der Waals surface area contributed by atoms with Crippen molar-refractivity contribution in [3.63, 3.8) is 0 Å². The van der Waals surface area contributed by atoms with Crippen molar-refractivity contribution in [2.75, 3.05) is 32.8 Å². The van der Waals surface area contributed by atoms with Gasteiger partial charge in [0.2, 0.25) is 0 Å². The predicted molar refractivity (Wildman–Crippen MR) is 75.8 cm³/mol. The first-order chi connectivity index (χ1) is 8.48. The fourth-order valence-corrected chi connectivity index (χ4v) is 3.30. The standard InChI is InChI=1S/C15H30N2O/c1-12(14-11-16-7-10-18-14)17-8-5-13(6-9-17)15(2,3)4/h12-14,16H,5-11H2,1-4H3. The molecule has 0 aromatic rings. The lowest BCUT2D eigenvalue weighted by Gasteiger charge is -2.43. The van der Waals surface area contributed by atoms with E-state index >= 15 is 0 Å². The van der Waals surface area contributed by atoms with Gasteiger partial charge in [-0.2, -0.15) is 0 Å². The summed E-state index contributed by atoms with van der Waals surface area (Å²) in [6, 6.07) is 0.554. The van der Waals surface area contributed by atoms with Crippen LogP contribution in [-0.2, 0) is 4.74 Å². The van der Waals surface area contributed by atoms with Gasteiger partial charge in [-0.25, -0.2) is 0 Å². The van der Waals surface area contributed by atoms with Crippen LogP contribution in [0.25, 0.3) is 0 Å². The minimum absolute atomic E-state index is 0.380. The van der Waals surface area contributed by atoms with Gasteiger partial charge in [0.1, 0.15) is 0 Å². The second-order valence-corrected chi connectivity index (χ2v) is 7.03. The SMILES string of the molecule is CC(C1CNCCO1)N1CCC(C(C)(C)C)CC1. The summed E-state index contributed by atoms with van der Waals surface area (Å²) in [4.78, 5) is 2.62. The summed E-state index contributed by atoms with van der Waals surface area (Å²) in [5, 5.41) is 3.44. The van der Waals surface area contributed by atoms with Gasteiger partial charge in [0.15, 0.2) is 0 Å². The van der Waals surface area contributed by atoms with E-state index in [1.54, 1.807) is 0 Å². The molecule has 0 radical (unpaired) electrons. The Morgan fingerprint density at radius 3 is 2.39 bits per heavy atom. The van der Waals surface area contributed by atoms with Crippen molar-refractivity contribution in [3.05, 3.63) is 0 Å². The van der Waals surface area contributed by atoms with Crippen molar-refractivity contribution >= 4 is 0 Å². The molecule has 0 bridgehead atoms. The molecule has 0 aromatic carbocycles. The Labute approximate surface area is 112 Å². The molecule has 3 nitrogen and oxygen atoms in total. The fraction of sp³-hybridized carbons (Fsp3) is 1.00. The van der Waals surface area contributed by atoms with E-state index < -0.39 is 0 Å². The number of nitrogens with zero attached hydrogens (tertiary/aromatic N) is 1. The van der Waals surface area contributed by atoms with Gasteiger partial charge < -0.3 is 10.1 Å². The maximum Gasteiger partial charge on any atom is 0.0852 e. The van der Waals surface area contributed by atoms with Gasteiger partial charge in [-0.15, -0.1) is 0 Å². The molecule has 18 heavy (non-hydrogen) atoms. The molecule has 2 heterocycles. The maximum atomic E-state index is 5.88. The molecule has 0 saturated carbocycles. The lowest BCUT2D eigenvalue weighted by Crippen LogP contribution is -2.53. The number of rotatable bonds is 2. The zero-order valence-electron chi connectivity index (χ0n) is 12.5. The van der Waals surface area contributed by atoms with Crippen molar-refractivity contribution in [1.29, 1.82) is 0 Å². The highest BCUT2D eigenvalue weighted by Crippen LogP contribution is 2.35. The zero-order chi connectivity index (χ0) is 13.2. The Bertz CT molecular complexity index is 248. The molecule has 2 fully saturated rings. The van der Waals surface area contributed by atoms with Gasteiger partial charge in [-0.3, -0.25) is 4.90 Å². The highest BCUT2D eigenvalue weighted by Gasteiger charge is 2.33. The molecule has 0 amide bonds. The number of hydrogen-bond donors (Lipinski definition) is 1. The van der Waals surface area contributed by atoms with E-state index in [2.05, 4.69) is 37.9 Å². The van der Waals surface area contributed by atoms with E-state index in [0.29, 0.717) is 17.6 Å². The number of likely N-dealkylation sites (tertiary alicyclic amines) is 1. The van der Waals surface area contributed by atoms with Gasteiger partial charge in [0.05, 0.1) is 12.7 Å².